The zero-order chi connectivity index (χ0) is 24.4. The number of aryl methyl sites for hydroxylation is 2. The molecule has 2 aromatic heterocycles. The van der Waals surface area contributed by atoms with Crippen LogP contribution in [0.2, 0.25) is 0 Å². The van der Waals surface area contributed by atoms with Gasteiger partial charge in [-0.25, -0.2) is 14.8 Å². The van der Waals surface area contributed by atoms with E-state index in [9.17, 15) is 23.1 Å². The van der Waals surface area contributed by atoms with E-state index in [1.165, 1.54) is 4.57 Å². The zero-order valence-corrected chi connectivity index (χ0v) is 20.7. The van der Waals surface area contributed by atoms with Crippen molar-refractivity contribution < 1.29 is 18.3 Å². The first-order valence-corrected chi connectivity index (χ1v) is 11.1. The molecule has 1 fully saturated rings. The van der Waals surface area contributed by atoms with Gasteiger partial charge in [-0.2, -0.15) is 18.2 Å². The molecule has 0 bridgehead atoms. The minimum atomic E-state index is -4.52. The number of hydrogen-bond donors (Lipinski definition) is 1. The number of anilines is 1. The Bertz CT molecular complexity index is 999. The molecule has 0 aromatic carbocycles. The maximum absolute atomic E-state index is 13.4. The Morgan fingerprint density at radius 3 is 2.21 bits per heavy atom. The fraction of sp³-hybridized carbons (Fsp3) is 0.636. The highest BCUT2D eigenvalue weighted by molar-refractivity contribution is 5.85. The number of rotatable bonds is 6. The third-order valence-corrected chi connectivity index (χ3v) is 5.64. The van der Waals surface area contributed by atoms with Crippen molar-refractivity contribution in [3.05, 3.63) is 39.8 Å². The Kier molecular flexibility index (Phi) is 8.92. The molecule has 8 nitrogen and oxygen atoms in total. The van der Waals surface area contributed by atoms with Gasteiger partial charge < -0.3 is 10.0 Å². The van der Waals surface area contributed by atoms with Crippen LogP contribution in [0.3, 0.4) is 0 Å². The van der Waals surface area contributed by atoms with Crippen molar-refractivity contribution in [2.75, 3.05) is 37.6 Å². The summed E-state index contributed by atoms with van der Waals surface area (Å²) in [5, 5.41) is 9.48. The third kappa shape index (κ3) is 7.05. The fourth-order valence-corrected chi connectivity index (χ4v) is 3.65. The number of halogens is 4. The van der Waals surface area contributed by atoms with Crippen molar-refractivity contribution >= 4 is 18.2 Å². The molecule has 2 aromatic rings. The van der Waals surface area contributed by atoms with Crippen LogP contribution in [0.25, 0.3) is 0 Å². The lowest BCUT2D eigenvalue weighted by molar-refractivity contribution is -0.141. The highest BCUT2D eigenvalue weighted by Gasteiger charge is 2.35. The molecule has 3 rings (SSSR count). The van der Waals surface area contributed by atoms with Crippen LogP contribution in [0.4, 0.5) is 19.0 Å². The van der Waals surface area contributed by atoms with Gasteiger partial charge in [-0.05, 0) is 26.3 Å². The first-order chi connectivity index (χ1) is 15.3. The molecule has 34 heavy (non-hydrogen) atoms. The van der Waals surface area contributed by atoms with Gasteiger partial charge in [0.25, 0.3) is 0 Å². The Morgan fingerprint density at radius 1 is 1.00 bits per heavy atom. The van der Waals surface area contributed by atoms with Gasteiger partial charge in [-0.15, -0.1) is 12.4 Å². The smallest absolute Gasteiger partial charge is 0.433 e. The van der Waals surface area contributed by atoms with Gasteiger partial charge in [0.2, 0.25) is 5.88 Å². The lowest BCUT2D eigenvalue weighted by Crippen LogP contribution is -2.47. The predicted molar refractivity (Wildman–Crippen MR) is 126 cm³/mol. The van der Waals surface area contributed by atoms with E-state index in [-0.39, 0.29) is 24.1 Å². The molecule has 1 aliphatic heterocycles. The van der Waals surface area contributed by atoms with Crippen molar-refractivity contribution in [2.45, 2.75) is 58.7 Å². The standard InChI is InChI=1S/C22H31F3N6O2.ClH/c1-15-14-31(20(33)28-18(15)32)8-6-5-7-29-9-11-30(12-10-29)17-13-16(22(23,24)25)26-19(27-17)21(2,3)4;/h13-14H,5-12H2,1-4H3,(H,28,32,33);1H. The van der Waals surface area contributed by atoms with Gasteiger partial charge in [-0.3, -0.25) is 9.47 Å². The van der Waals surface area contributed by atoms with Crippen molar-refractivity contribution in [1.29, 1.82) is 0 Å². The van der Waals surface area contributed by atoms with Crippen LogP contribution in [-0.4, -0.2) is 62.2 Å². The normalized spacial score (nSPS) is 15.3. The minimum Gasteiger partial charge on any atom is -0.493 e. The second-order valence-electron chi connectivity index (χ2n) is 9.44. The monoisotopic (exact) mass is 504 g/mol. The van der Waals surface area contributed by atoms with Gasteiger partial charge in [0, 0.05) is 56.0 Å². The molecule has 0 saturated carbocycles. The van der Waals surface area contributed by atoms with Crippen LogP contribution in [0, 0.1) is 6.92 Å². The van der Waals surface area contributed by atoms with Crippen LogP contribution in [0.1, 0.15) is 50.7 Å². The number of alkyl halides is 3. The van der Waals surface area contributed by atoms with Gasteiger partial charge in [0.1, 0.15) is 17.3 Å². The molecule has 0 atom stereocenters. The van der Waals surface area contributed by atoms with Crippen LogP contribution in [-0.2, 0) is 18.1 Å². The average Bonchev–Trinajstić information content (AvgIpc) is 2.73. The highest BCUT2D eigenvalue weighted by atomic mass is 35.5. The van der Waals surface area contributed by atoms with E-state index in [1.54, 1.807) is 33.9 Å². The van der Waals surface area contributed by atoms with Crippen LogP contribution in [0.5, 0.6) is 5.88 Å². The van der Waals surface area contributed by atoms with Crippen LogP contribution >= 0.6 is 12.4 Å². The summed E-state index contributed by atoms with van der Waals surface area (Å²) >= 11 is 0. The summed E-state index contributed by atoms with van der Waals surface area (Å²) in [7, 11) is 0. The molecule has 0 unspecified atom stereocenters. The van der Waals surface area contributed by atoms with Crippen LogP contribution < -0.4 is 10.6 Å². The van der Waals surface area contributed by atoms with Gasteiger partial charge in [0.15, 0.2) is 0 Å². The largest absolute Gasteiger partial charge is 0.493 e. The van der Waals surface area contributed by atoms with E-state index in [0.717, 1.165) is 38.5 Å². The molecule has 1 aliphatic rings. The predicted octanol–water partition coefficient (Wildman–Crippen LogP) is 3.39. The highest BCUT2D eigenvalue weighted by Crippen LogP contribution is 2.32. The van der Waals surface area contributed by atoms with E-state index in [0.29, 0.717) is 31.0 Å². The number of aromatic nitrogens is 4. The minimum absolute atomic E-state index is 0. The number of piperazine rings is 1. The summed E-state index contributed by atoms with van der Waals surface area (Å²) in [6.07, 6.45) is -1.27. The molecule has 190 valence electrons. The number of nitrogens with zero attached hydrogens (tertiary/aromatic N) is 6. The number of aromatic hydroxyl groups is 1. The molecule has 0 spiro atoms. The van der Waals surface area contributed by atoms with E-state index in [1.807, 2.05) is 4.90 Å². The maximum atomic E-state index is 13.4. The van der Waals surface area contributed by atoms with E-state index in [4.69, 9.17) is 0 Å². The molecule has 1 N–H and O–H groups in total. The first-order valence-electron chi connectivity index (χ1n) is 11.1. The van der Waals surface area contributed by atoms with Gasteiger partial charge >= 0.3 is 11.9 Å². The Morgan fingerprint density at radius 2 is 1.62 bits per heavy atom. The van der Waals surface area contributed by atoms with Crippen LogP contribution in [0.15, 0.2) is 17.1 Å². The summed E-state index contributed by atoms with van der Waals surface area (Å²) in [6, 6.07) is 1.04. The Labute approximate surface area is 203 Å². The molecular formula is C22H32ClF3N6O2. The molecule has 0 aliphatic carbocycles. The van der Waals surface area contributed by atoms with Crippen molar-refractivity contribution in [3.8, 4) is 5.88 Å². The van der Waals surface area contributed by atoms with Gasteiger partial charge in [-0.1, -0.05) is 20.8 Å². The van der Waals surface area contributed by atoms with Crippen molar-refractivity contribution in [3.63, 3.8) is 0 Å². The zero-order valence-electron chi connectivity index (χ0n) is 19.9. The molecular weight excluding hydrogens is 473 g/mol. The summed E-state index contributed by atoms with van der Waals surface area (Å²) in [5.41, 5.74) is -1.41. The topological polar surface area (TPSA) is 87.4 Å². The van der Waals surface area contributed by atoms with Crippen molar-refractivity contribution in [2.24, 2.45) is 0 Å². The molecule has 12 heteroatoms. The maximum Gasteiger partial charge on any atom is 0.433 e. The SMILES string of the molecule is Cc1cn(CCCCN2CCN(c3cc(C(F)(F)F)nc(C(C)(C)C)n3)CC2)c(=O)nc1O.Cl. The number of hydrogen-bond acceptors (Lipinski definition) is 7. The van der Waals surface area contributed by atoms with E-state index < -0.39 is 23.0 Å². The molecule has 3 heterocycles. The molecule has 1 saturated heterocycles. The van der Waals surface area contributed by atoms with E-state index >= 15 is 0 Å². The molecule has 0 radical (unpaired) electrons. The Hall–Kier alpha value is -2.40. The quantitative estimate of drug-likeness (QED) is 0.603. The Balaban J connectivity index is 0.00000408. The van der Waals surface area contributed by atoms with Crippen molar-refractivity contribution in [1.82, 2.24) is 24.4 Å². The molecule has 0 amide bonds. The fourth-order valence-electron chi connectivity index (χ4n) is 3.65. The first kappa shape index (κ1) is 27.8. The third-order valence-electron chi connectivity index (χ3n) is 5.64. The van der Waals surface area contributed by atoms with E-state index in [2.05, 4.69) is 19.9 Å². The second kappa shape index (κ2) is 10.9. The second-order valence-corrected chi connectivity index (χ2v) is 9.44. The summed E-state index contributed by atoms with van der Waals surface area (Å²) < 4.78 is 41.6. The summed E-state index contributed by atoms with van der Waals surface area (Å²) in [4.78, 5) is 27.8. The summed E-state index contributed by atoms with van der Waals surface area (Å²) in [6.45, 7) is 11.0. The average molecular weight is 505 g/mol. The van der Waals surface area contributed by atoms with Gasteiger partial charge in [0.05, 0.1) is 0 Å². The lowest BCUT2D eigenvalue weighted by atomic mass is 9.95. The number of unbranched alkanes of at least 4 members (excludes halogenated alkanes) is 1. The lowest BCUT2D eigenvalue weighted by Gasteiger charge is -2.36. The summed E-state index contributed by atoms with van der Waals surface area (Å²) in [5.74, 6) is 0.259.